The molecule has 0 amide bonds. The van der Waals surface area contributed by atoms with E-state index in [2.05, 4.69) is 46.1 Å². The van der Waals surface area contributed by atoms with Crippen LogP contribution in [0.25, 0.3) is 0 Å². The lowest BCUT2D eigenvalue weighted by Gasteiger charge is -2.10. The first-order chi connectivity index (χ1) is 7.85. The molecule has 16 heavy (non-hydrogen) atoms. The van der Waals surface area contributed by atoms with Gasteiger partial charge in [0.25, 0.3) is 0 Å². The lowest BCUT2D eigenvalue weighted by Crippen LogP contribution is -2.05. The fourth-order valence-corrected chi connectivity index (χ4v) is 1.91. The molecule has 0 saturated heterocycles. The summed E-state index contributed by atoms with van der Waals surface area (Å²) in [5, 5.41) is 3.09. The number of nitrogens with one attached hydrogen (secondary N) is 1. The number of nitrogens with zero attached hydrogens (tertiary/aromatic N) is 2. The van der Waals surface area contributed by atoms with E-state index in [1.54, 1.807) is 0 Å². The molecule has 0 aliphatic carbocycles. The number of aromatic nitrogens is 2. The minimum Gasteiger partial charge on any atom is -0.359 e. The van der Waals surface area contributed by atoms with Crippen LogP contribution in [0.15, 0.2) is 36.7 Å². The Morgan fingerprint density at radius 1 is 1.25 bits per heavy atom. The third-order valence-electron chi connectivity index (χ3n) is 2.78. The van der Waals surface area contributed by atoms with E-state index in [4.69, 9.17) is 0 Å². The van der Waals surface area contributed by atoms with E-state index in [0.29, 0.717) is 0 Å². The minimum absolute atomic E-state index is 0.875. The van der Waals surface area contributed by atoms with Crippen molar-refractivity contribution >= 4 is 5.95 Å². The van der Waals surface area contributed by atoms with Crippen molar-refractivity contribution in [3.05, 3.63) is 47.8 Å². The van der Waals surface area contributed by atoms with Crippen molar-refractivity contribution in [2.24, 2.45) is 0 Å². The van der Waals surface area contributed by atoms with E-state index < -0.39 is 0 Å². The second-order valence-corrected chi connectivity index (χ2v) is 3.75. The van der Waals surface area contributed by atoms with Crippen LogP contribution in [0.5, 0.6) is 0 Å². The molecule has 84 valence electrons. The van der Waals surface area contributed by atoms with Gasteiger partial charge in [-0.1, -0.05) is 31.2 Å². The highest BCUT2D eigenvalue weighted by Crippen LogP contribution is 2.13. The maximum Gasteiger partial charge on any atom is 0.202 e. The van der Waals surface area contributed by atoms with Gasteiger partial charge in [-0.2, -0.15) is 0 Å². The molecule has 0 unspecified atom stereocenters. The van der Waals surface area contributed by atoms with E-state index in [0.717, 1.165) is 18.9 Å². The van der Waals surface area contributed by atoms with Crippen LogP contribution in [0.4, 0.5) is 5.95 Å². The summed E-state index contributed by atoms with van der Waals surface area (Å²) in [4.78, 5) is 4.24. The average Bonchev–Trinajstić information content (AvgIpc) is 2.77. The molecule has 3 heteroatoms. The van der Waals surface area contributed by atoms with Crippen LogP contribution in [0.2, 0.25) is 0 Å². The van der Waals surface area contributed by atoms with Crippen molar-refractivity contribution in [1.82, 2.24) is 9.55 Å². The molecule has 2 aromatic rings. The quantitative estimate of drug-likeness (QED) is 0.849. The normalized spacial score (nSPS) is 10.4. The van der Waals surface area contributed by atoms with Crippen molar-refractivity contribution in [3.8, 4) is 0 Å². The molecular weight excluding hydrogens is 198 g/mol. The number of rotatable bonds is 4. The van der Waals surface area contributed by atoms with Crippen molar-refractivity contribution in [2.75, 3.05) is 12.4 Å². The predicted molar refractivity (Wildman–Crippen MR) is 66.7 cm³/mol. The summed E-state index contributed by atoms with van der Waals surface area (Å²) in [7, 11) is 1.89. The van der Waals surface area contributed by atoms with Crippen LogP contribution >= 0.6 is 0 Å². The largest absolute Gasteiger partial charge is 0.359 e. The maximum absolute atomic E-state index is 4.24. The Morgan fingerprint density at radius 2 is 2.00 bits per heavy atom. The first kappa shape index (κ1) is 10.7. The molecule has 1 aromatic carbocycles. The Hall–Kier alpha value is -1.77. The molecule has 0 spiro atoms. The molecule has 1 heterocycles. The van der Waals surface area contributed by atoms with E-state index in [9.17, 15) is 0 Å². The van der Waals surface area contributed by atoms with Crippen LogP contribution in [-0.4, -0.2) is 16.6 Å². The van der Waals surface area contributed by atoms with Crippen LogP contribution in [-0.2, 0) is 13.0 Å². The van der Waals surface area contributed by atoms with E-state index in [-0.39, 0.29) is 0 Å². The number of aryl methyl sites for hydroxylation is 1. The van der Waals surface area contributed by atoms with Gasteiger partial charge in [0.2, 0.25) is 5.95 Å². The summed E-state index contributed by atoms with van der Waals surface area (Å²) in [6, 6.07) is 8.54. The van der Waals surface area contributed by atoms with Crippen molar-refractivity contribution in [3.63, 3.8) is 0 Å². The van der Waals surface area contributed by atoms with Gasteiger partial charge < -0.3 is 9.88 Å². The Morgan fingerprint density at radius 3 is 2.69 bits per heavy atom. The molecule has 2 rings (SSSR count). The van der Waals surface area contributed by atoms with E-state index in [1.807, 2.05) is 19.4 Å². The van der Waals surface area contributed by atoms with Crippen molar-refractivity contribution in [2.45, 2.75) is 19.9 Å². The third kappa shape index (κ3) is 2.08. The van der Waals surface area contributed by atoms with Crippen molar-refractivity contribution < 1.29 is 0 Å². The van der Waals surface area contributed by atoms with Gasteiger partial charge in [0, 0.05) is 19.4 Å². The molecule has 0 aliphatic rings. The Bertz CT molecular complexity index is 460. The number of anilines is 1. The fourth-order valence-electron chi connectivity index (χ4n) is 1.91. The zero-order valence-electron chi connectivity index (χ0n) is 9.77. The Balaban J connectivity index is 2.26. The average molecular weight is 215 g/mol. The maximum atomic E-state index is 4.24. The highest BCUT2D eigenvalue weighted by molar-refractivity contribution is 5.31. The lowest BCUT2D eigenvalue weighted by molar-refractivity contribution is 0.794. The number of imidazole rings is 1. The molecule has 1 aromatic heterocycles. The molecule has 0 saturated carbocycles. The van der Waals surface area contributed by atoms with E-state index >= 15 is 0 Å². The predicted octanol–water partition coefficient (Wildman–Crippen LogP) is 2.54. The number of hydrogen-bond donors (Lipinski definition) is 1. The summed E-state index contributed by atoms with van der Waals surface area (Å²) in [5.74, 6) is 0.908. The zero-order chi connectivity index (χ0) is 11.4. The van der Waals surface area contributed by atoms with E-state index in [1.165, 1.54) is 11.1 Å². The number of benzene rings is 1. The third-order valence-corrected chi connectivity index (χ3v) is 2.78. The van der Waals surface area contributed by atoms with Crippen LogP contribution in [0.3, 0.4) is 0 Å². The van der Waals surface area contributed by atoms with Gasteiger partial charge in [0.1, 0.15) is 0 Å². The fraction of sp³-hybridized carbons (Fsp3) is 0.308. The summed E-state index contributed by atoms with van der Waals surface area (Å²) in [5.41, 5.74) is 2.76. The monoisotopic (exact) mass is 215 g/mol. The molecule has 0 fully saturated rings. The van der Waals surface area contributed by atoms with Crippen LogP contribution in [0.1, 0.15) is 18.1 Å². The topological polar surface area (TPSA) is 29.9 Å². The molecule has 0 bridgehead atoms. The molecule has 3 nitrogen and oxygen atoms in total. The molecule has 1 N–H and O–H groups in total. The van der Waals surface area contributed by atoms with Crippen molar-refractivity contribution in [1.29, 1.82) is 0 Å². The summed E-state index contributed by atoms with van der Waals surface area (Å²) < 4.78 is 2.12. The van der Waals surface area contributed by atoms with Gasteiger partial charge in [-0.25, -0.2) is 4.98 Å². The van der Waals surface area contributed by atoms with Gasteiger partial charge >= 0.3 is 0 Å². The molecular formula is C13H17N3. The van der Waals surface area contributed by atoms with Gasteiger partial charge in [-0.05, 0) is 17.5 Å². The second kappa shape index (κ2) is 4.84. The second-order valence-electron chi connectivity index (χ2n) is 3.75. The SMILES string of the molecule is CCc1ccccc1Cn1ccnc1NC. The van der Waals surface area contributed by atoms with Crippen LogP contribution in [0, 0.1) is 0 Å². The summed E-state index contributed by atoms with van der Waals surface area (Å²) in [6.45, 7) is 3.06. The zero-order valence-corrected chi connectivity index (χ0v) is 9.77. The number of hydrogen-bond acceptors (Lipinski definition) is 2. The Kier molecular flexibility index (Phi) is 3.25. The van der Waals surface area contributed by atoms with Crippen LogP contribution < -0.4 is 5.32 Å². The van der Waals surface area contributed by atoms with Gasteiger partial charge in [0.05, 0.1) is 6.54 Å². The molecule has 0 aliphatic heterocycles. The highest BCUT2D eigenvalue weighted by atomic mass is 15.2. The lowest BCUT2D eigenvalue weighted by atomic mass is 10.1. The Labute approximate surface area is 96.1 Å². The molecule has 0 radical (unpaired) electrons. The smallest absolute Gasteiger partial charge is 0.202 e. The standard InChI is InChI=1S/C13H17N3/c1-3-11-6-4-5-7-12(11)10-16-9-8-15-13(16)14-2/h4-9H,3,10H2,1-2H3,(H,14,15). The first-order valence-electron chi connectivity index (χ1n) is 5.60. The minimum atomic E-state index is 0.875. The van der Waals surface area contributed by atoms with Gasteiger partial charge in [0.15, 0.2) is 0 Å². The first-order valence-corrected chi connectivity index (χ1v) is 5.60. The molecule has 0 atom stereocenters. The highest BCUT2D eigenvalue weighted by Gasteiger charge is 2.04. The van der Waals surface area contributed by atoms with Gasteiger partial charge in [-0.15, -0.1) is 0 Å². The van der Waals surface area contributed by atoms with Gasteiger partial charge in [-0.3, -0.25) is 0 Å². The summed E-state index contributed by atoms with van der Waals surface area (Å²) in [6.07, 6.45) is 4.89. The summed E-state index contributed by atoms with van der Waals surface area (Å²) >= 11 is 0.